The molecule has 0 aromatic carbocycles. The predicted octanol–water partition coefficient (Wildman–Crippen LogP) is 2.39. The normalized spacial score (nSPS) is 26.7. The molecule has 0 aromatic heterocycles. The van der Waals surface area contributed by atoms with E-state index < -0.39 is 18.5 Å². The van der Waals surface area contributed by atoms with Crippen molar-refractivity contribution in [2.45, 2.75) is 37.8 Å². The van der Waals surface area contributed by atoms with E-state index in [1.165, 1.54) is 12.8 Å². The minimum absolute atomic E-state index is 0.0252. The van der Waals surface area contributed by atoms with Crippen LogP contribution in [0.25, 0.3) is 0 Å². The second-order valence-corrected chi connectivity index (χ2v) is 6.60. The maximum absolute atomic E-state index is 11.8. The molecule has 7 heteroatoms. The van der Waals surface area contributed by atoms with Crippen molar-refractivity contribution in [1.29, 1.82) is 0 Å². The van der Waals surface area contributed by atoms with Crippen molar-refractivity contribution in [2.24, 2.45) is 0 Å². The predicted molar refractivity (Wildman–Crippen MR) is 96.4 cm³/mol. The summed E-state index contributed by atoms with van der Waals surface area (Å²) in [4.78, 5) is 23.6. The first kappa shape index (κ1) is 21.0. The van der Waals surface area contributed by atoms with Crippen molar-refractivity contribution in [3.8, 4) is 0 Å². The third-order valence-corrected chi connectivity index (χ3v) is 4.51. The van der Waals surface area contributed by atoms with E-state index in [4.69, 9.17) is 6.80 Å². The van der Waals surface area contributed by atoms with Crippen molar-refractivity contribution >= 4 is 11.6 Å². The first-order chi connectivity index (χ1) is 13.2. The molecule has 142 valence electrons. The van der Waals surface area contributed by atoms with Crippen molar-refractivity contribution in [3.05, 3.63) is 72.2 Å². The van der Waals surface area contributed by atoms with E-state index in [1.54, 1.807) is 24.3 Å². The van der Waals surface area contributed by atoms with E-state index in [1.807, 2.05) is 36.7 Å². The Bertz CT molecular complexity index is 724. The van der Waals surface area contributed by atoms with Crippen LogP contribution in [0.5, 0.6) is 0 Å². The average molecular weight is 450 g/mol. The summed E-state index contributed by atoms with van der Waals surface area (Å²) in [5, 5.41) is 6.79. The van der Waals surface area contributed by atoms with Crippen LogP contribution in [-0.4, -0.2) is 23.7 Å². The molecular weight excluding hydrogens is 428 g/mol. The Kier molecular flexibility index (Phi) is 8.85. The van der Waals surface area contributed by atoms with E-state index in [9.17, 15) is 9.59 Å². The quantitative estimate of drug-likeness (QED) is 0.505. The Morgan fingerprint density at radius 1 is 0.741 bits per heavy atom. The summed E-state index contributed by atoms with van der Waals surface area (Å²) in [5.74, 6) is 0.0503. The fourth-order valence-electron chi connectivity index (χ4n) is 3.12. The van der Waals surface area contributed by atoms with Gasteiger partial charge in [0.25, 0.3) is 0 Å². The summed E-state index contributed by atoms with van der Waals surface area (Å²) in [6, 6.07) is 0.488. The first-order valence-electron chi connectivity index (χ1n) is 8.78. The van der Waals surface area contributed by atoms with E-state index in [2.05, 4.69) is 10.6 Å². The monoisotopic (exact) mass is 452 g/mol. The second-order valence-electron chi connectivity index (χ2n) is 6.26. The van der Waals surface area contributed by atoms with Gasteiger partial charge in [0, 0.05) is 35.6 Å². The molecule has 3 aliphatic carbocycles. The summed E-state index contributed by atoms with van der Waals surface area (Å²) in [6.07, 6.45) is 22.1. The molecule has 0 amide bonds. The molecular formula is C20H22MoN2O4. The molecule has 0 unspecified atom stereocenters. The Balaban J connectivity index is 0.000000817. The van der Waals surface area contributed by atoms with Gasteiger partial charge in [-0.15, -0.1) is 0 Å². The Labute approximate surface area is 167 Å². The number of hydrogen-bond donors (Lipinski definition) is 2. The maximum atomic E-state index is 11.8. The summed E-state index contributed by atoms with van der Waals surface area (Å²) < 4.78 is 17.0. The Morgan fingerprint density at radius 3 is 1.48 bits per heavy atom. The Hall–Kier alpha value is -2.33. The number of carbonyl (C=O) groups is 2. The number of nitrogens with one attached hydrogen (secondary N) is 2. The molecule has 3 rings (SSSR count). The SMILES string of the molecule is O=C1C=CC=C/C1=C/N[C@@H]1CCCC[C@H]1N/C=C1/C=CC=CC1=O.[O]=[Mo]=[O]. The molecule has 0 radical (unpaired) electrons. The van der Waals surface area contributed by atoms with Gasteiger partial charge in [0.2, 0.25) is 0 Å². The molecule has 0 heterocycles. The van der Waals surface area contributed by atoms with Crippen LogP contribution in [0.3, 0.4) is 0 Å². The summed E-state index contributed by atoms with van der Waals surface area (Å²) in [6.45, 7) is 0. The van der Waals surface area contributed by atoms with Crippen LogP contribution >= 0.6 is 0 Å². The Morgan fingerprint density at radius 2 is 1.11 bits per heavy atom. The van der Waals surface area contributed by atoms with Gasteiger partial charge >= 0.3 is 25.3 Å². The summed E-state index contributed by atoms with van der Waals surface area (Å²) in [7, 11) is 0. The third kappa shape index (κ3) is 6.72. The molecule has 0 bridgehead atoms. The van der Waals surface area contributed by atoms with E-state index >= 15 is 0 Å². The van der Waals surface area contributed by atoms with Gasteiger partial charge in [0.1, 0.15) is 0 Å². The third-order valence-electron chi connectivity index (χ3n) is 4.51. The standard InChI is InChI=1S/C20H22N2O2.Mo.2O/c23-19-11-5-1-7-15(19)13-21-17-9-3-4-10-18(17)22-14-16-8-2-6-12-20(16)24;;;/h1-2,5-8,11-14,17-18,21-22H,3-4,9-10H2;;;/b15-13-,16-14-;;;/t17-,18-;;;/m1.../s1. The average Bonchev–Trinajstić information content (AvgIpc) is 2.68. The molecule has 0 saturated heterocycles. The fraction of sp³-hybridized carbons (Fsp3) is 0.300. The minimum atomic E-state index is -2.03. The first-order valence-corrected chi connectivity index (χ1v) is 10.4. The number of carbonyl (C=O) groups excluding carboxylic acids is 2. The van der Waals surface area contributed by atoms with Crippen molar-refractivity contribution in [3.63, 3.8) is 0 Å². The molecule has 2 N–H and O–H groups in total. The number of rotatable bonds is 4. The van der Waals surface area contributed by atoms with Crippen LogP contribution < -0.4 is 10.6 Å². The fourth-order valence-corrected chi connectivity index (χ4v) is 3.12. The zero-order chi connectivity index (χ0) is 19.5. The van der Waals surface area contributed by atoms with Crippen molar-refractivity contribution in [1.82, 2.24) is 10.6 Å². The zero-order valence-electron chi connectivity index (χ0n) is 14.8. The van der Waals surface area contributed by atoms with Crippen molar-refractivity contribution in [2.75, 3.05) is 0 Å². The molecule has 6 nitrogen and oxygen atoms in total. The van der Waals surface area contributed by atoms with Crippen LogP contribution in [0.1, 0.15) is 25.7 Å². The number of hydrogen-bond acceptors (Lipinski definition) is 6. The van der Waals surface area contributed by atoms with Crippen molar-refractivity contribution < 1.29 is 34.9 Å². The molecule has 0 spiro atoms. The number of allylic oxidation sites excluding steroid dienone is 10. The van der Waals surface area contributed by atoms with Crippen LogP contribution in [0.2, 0.25) is 0 Å². The number of ketones is 2. The van der Waals surface area contributed by atoms with E-state index in [0.717, 1.165) is 12.8 Å². The topological polar surface area (TPSA) is 92.3 Å². The van der Waals surface area contributed by atoms with Gasteiger partial charge in [-0.05, 0) is 37.1 Å². The molecule has 0 aliphatic heterocycles. The molecule has 1 fully saturated rings. The summed E-state index contributed by atoms with van der Waals surface area (Å²) in [5.41, 5.74) is 1.35. The van der Waals surface area contributed by atoms with E-state index in [0.29, 0.717) is 11.1 Å². The molecule has 2 atom stereocenters. The van der Waals surface area contributed by atoms with Gasteiger partial charge < -0.3 is 10.6 Å². The molecule has 3 aliphatic rings. The zero-order valence-corrected chi connectivity index (χ0v) is 16.8. The van der Waals surface area contributed by atoms with E-state index in [-0.39, 0.29) is 23.7 Å². The van der Waals surface area contributed by atoms with Gasteiger partial charge in [-0.1, -0.05) is 37.1 Å². The molecule has 0 aromatic rings. The van der Waals surface area contributed by atoms with Gasteiger partial charge in [0.05, 0.1) is 0 Å². The van der Waals surface area contributed by atoms with Gasteiger partial charge in [0.15, 0.2) is 11.6 Å². The van der Waals surface area contributed by atoms with Gasteiger partial charge in [-0.2, -0.15) is 0 Å². The van der Waals surface area contributed by atoms with Gasteiger partial charge in [-0.3, -0.25) is 9.59 Å². The van der Waals surface area contributed by atoms with Gasteiger partial charge in [-0.25, -0.2) is 0 Å². The van der Waals surface area contributed by atoms with Crippen LogP contribution in [0, 0.1) is 0 Å². The molecule has 27 heavy (non-hydrogen) atoms. The molecule has 1 saturated carbocycles. The second kappa shape index (κ2) is 11.4. The van der Waals surface area contributed by atoms with Crippen LogP contribution in [-0.2, 0) is 34.9 Å². The summed E-state index contributed by atoms with van der Waals surface area (Å²) >= 11 is -2.03. The van der Waals surface area contributed by atoms with Crippen LogP contribution in [0.4, 0.5) is 0 Å². The van der Waals surface area contributed by atoms with Crippen LogP contribution in [0.15, 0.2) is 72.2 Å².